The highest BCUT2D eigenvalue weighted by Crippen LogP contribution is 2.17. The van der Waals surface area contributed by atoms with Gasteiger partial charge >= 0.3 is 0 Å². The highest BCUT2D eigenvalue weighted by Gasteiger charge is 2.21. The van der Waals surface area contributed by atoms with Crippen LogP contribution < -0.4 is 10.2 Å². The number of piperidine rings is 1. The van der Waals surface area contributed by atoms with Crippen LogP contribution in [0.25, 0.3) is 0 Å². The zero-order valence-electron chi connectivity index (χ0n) is 14.9. The van der Waals surface area contributed by atoms with Crippen LogP contribution in [0.1, 0.15) is 43.4 Å². The highest BCUT2D eigenvalue weighted by molar-refractivity contribution is 5.32. The van der Waals surface area contributed by atoms with E-state index in [1.54, 1.807) is 0 Å². The van der Waals surface area contributed by atoms with Crippen molar-refractivity contribution < 1.29 is 0 Å². The lowest BCUT2D eigenvalue weighted by Gasteiger charge is -2.32. The van der Waals surface area contributed by atoms with Crippen LogP contribution in [0.2, 0.25) is 0 Å². The molecule has 1 aliphatic rings. The van der Waals surface area contributed by atoms with Crippen LogP contribution in [0.5, 0.6) is 0 Å². The molecule has 0 atom stereocenters. The molecule has 0 aromatic carbocycles. The maximum absolute atomic E-state index is 4.57. The van der Waals surface area contributed by atoms with E-state index in [1.807, 2.05) is 26.2 Å². The van der Waals surface area contributed by atoms with E-state index in [0.29, 0.717) is 6.04 Å². The maximum atomic E-state index is 4.57. The summed E-state index contributed by atoms with van der Waals surface area (Å²) in [6.07, 6.45) is 5.11. The number of nitrogens with zero attached hydrogens (tertiary/aromatic N) is 6. The van der Waals surface area contributed by atoms with E-state index < -0.39 is 0 Å². The molecule has 0 unspecified atom stereocenters. The summed E-state index contributed by atoms with van der Waals surface area (Å²) in [6, 6.07) is 2.53. The minimum absolute atomic E-state index is 0.513. The fourth-order valence-electron chi connectivity index (χ4n) is 3.21. The molecular formula is C17H27N7. The lowest BCUT2D eigenvalue weighted by molar-refractivity contribution is 0.402. The Morgan fingerprint density at radius 3 is 2.54 bits per heavy atom. The summed E-state index contributed by atoms with van der Waals surface area (Å²) in [6.45, 7) is 9.96. The molecular weight excluding hydrogens is 302 g/mol. The Bertz CT molecular complexity index is 638. The molecule has 3 heterocycles. The third-order valence-electron chi connectivity index (χ3n) is 4.46. The third kappa shape index (κ3) is 4.08. The van der Waals surface area contributed by atoms with Gasteiger partial charge in [-0.1, -0.05) is 6.92 Å². The highest BCUT2D eigenvalue weighted by atomic mass is 15.3. The van der Waals surface area contributed by atoms with Gasteiger partial charge in [-0.25, -0.2) is 9.97 Å². The van der Waals surface area contributed by atoms with E-state index in [-0.39, 0.29) is 0 Å². The van der Waals surface area contributed by atoms with Crippen LogP contribution in [0.15, 0.2) is 12.4 Å². The standard InChI is InChI=1S/C17H27N7/c1-4-7-24-12-19-22-16(24)11-18-15-5-8-23(9-6-15)17-20-13(2)10-14(3)21-17/h10,12,15,18H,4-9,11H2,1-3H3. The first-order chi connectivity index (χ1) is 11.7. The molecule has 0 saturated carbocycles. The molecule has 24 heavy (non-hydrogen) atoms. The van der Waals surface area contributed by atoms with Gasteiger partial charge in [-0.15, -0.1) is 10.2 Å². The molecule has 1 saturated heterocycles. The second-order valence-electron chi connectivity index (χ2n) is 6.53. The molecule has 2 aromatic rings. The van der Waals surface area contributed by atoms with Crippen molar-refractivity contribution in [3.63, 3.8) is 0 Å². The van der Waals surface area contributed by atoms with E-state index in [2.05, 4.69) is 41.9 Å². The molecule has 0 amide bonds. The first-order valence-corrected chi connectivity index (χ1v) is 8.83. The molecule has 0 bridgehead atoms. The first-order valence-electron chi connectivity index (χ1n) is 8.83. The predicted octanol–water partition coefficient (Wildman–Crippen LogP) is 1.85. The summed E-state index contributed by atoms with van der Waals surface area (Å²) in [5.41, 5.74) is 2.07. The SMILES string of the molecule is CCCn1cnnc1CNC1CCN(c2nc(C)cc(C)n2)CC1. The number of rotatable bonds is 6. The van der Waals surface area contributed by atoms with Crippen LogP contribution >= 0.6 is 0 Å². The van der Waals surface area contributed by atoms with E-state index >= 15 is 0 Å². The van der Waals surface area contributed by atoms with Crippen LogP contribution in [0.4, 0.5) is 5.95 Å². The Hall–Kier alpha value is -2.02. The fourth-order valence-corrected chi connectivity index (χ4v) is 3.21. The van der Waals surface area contributed by atoms with Crippen molar-refractivity contribution in [3.05, 3.63) is 29.6 Å². The Balaban J connectivity index is 1.51. The minimum atomic E-state index is 0.513. The molecule has 1 fully saturated rings. The van der Waals surface area contributed by atoms with Gasteiger partial charge in [0.1, 0.15) is 12.2 Å². The summed E-state index contributed by atoms with van der Waals surface area (Å²) in [7, 11) is 0. The topological polar surface area (TPSA) is 71.8 Å². The molecule has 7 nitrogen and oxygen atoms in total. The van der Waals surface area contributed by atoms with E-state index in [9.17, 15) is 0 Å². The monoisotopic (exact) mass is 329 g/mol. The molecule has 0 aliphatic carbocycles. The minimum Gasteiger partial charge on any atom is -0.341 e. The summed E-state index contributed by atoms with van der Waals surface area (Å²) in [4.78, 5) is 11.4. The lowest BCUT2D eigenvalue weighted by Crippen LogP contribution is -2.43. The van der Waals surface area contributed by atoms with Crippen LogP contribution in [-0.4, -0.2) is 43.9 Å². The molecule has 0 spiro atoms. The van der Waals surface area contributed by atoms with Crippen molar-refractivity contribution in [1.82, 2.24) is 30.0 Å². The van der Waals surface area contributed by atoms with Gasteiger partial charge in [0.2, 0.25) is 5.95 Å². The summed E-state index contributed by atoms with van der Waals surface area (Å²) in [5, 5.41) is 11.9. The summed E-state index contributed by atoms with van der Waals surface area (Å²) >= 11 is 0. The van der Waals surface area contributed by atoms with Gasteiger partial charge in [-0.2, -0.15) is 0 Å². The van der Waals surface area contributed by atoms with Gasteiger partial charge in [-0.3, -0.25) is 0 Å². The summed E-state index contributed by atoms with van der Waals surface area (Å²) < 4.78 is 2.13. The van der Waals surface area contributed by atoms with Crippen molar-refractivity contribution in [2.24, 2.45) is 0 Å². The van der Waals surface area contributed by atoms with Gasteiger partial charge in [0, 0.05) is 37.1 Å². The van der Waals surface area contributed by atoms with Crippen molar-refractivity contribution >= 4 is 5.95 Å². The first kappa shape index (κ1) is 16.8. The van der Waals surface area contributed by atoms with Gasteiger partial charge in [0.25, 0.3) is 0 Å². The Morgan fingerprint density at radius 1 is 1.17 bits per heavy atom. The van der Waals surface area contributed by atoms with Gasteiger partial charge in [-0.05, 0) is 39.2 Å². The Kier molecular flexibility index (Phi) is 5.40. The number of hydrogen-bond acceptors (Lipinski definition) is 6. The Morgan fingerprint density at radius 2 is 1.88 bits per heavy atom. The summed E-state index contributed by atoms with van der Waals surface area (Å²) in [5.74, 6) is 1.89. The number of nitrogens with one attached hydrogen (secondary N) is 1. The second-order valence-corrected chi connectivity index (χ2v) is 6.53. The molecule has 0 radical (unpaired) electrons. The number of hydrogen-bond donors (Lipinski definition) is 1. The van der Waals surface area contributed by atoms with E-state index in [0.717, 1.165) is 68.6 Å². The van der Waals surface area contributed by atoms with E-state index in [1.165, 1.54) is 0 Å². The van der Waals surface area contributed by atoms with Gasteiger partial charge < -0.3 is 14.8 Å². The smallest absolute Gasteiger partial charge is 0.225 e. The molecule has 7 heteroatoms. The largest absolute Gasteiger partial charge is 0.341 e. The molecule has 1 aliphatic heterocycles. The van der Waals surface area contributed by atoms with Crippen LogP contribution in [-0.2, 0) is 13.1 Å². The number of anilines is 1. The normalized spacial score (nSPS) is 15.9. The van der Waals surface area contributed by atoms with Crippen molar-refractivity contribution in [2.45, 2.75) is 59.2 Å². The zero-order chi connectivity index (χ0) is 16.9. The van der Waals surface area contributed by atoms with Gasteiger partial charge in [0.15, 0.2) is 0 Å². The average Bonchev–Trinajstić information content (AvgIpc) is 3.00. The molecule has 130 valence electrons. The number of aromatic nitrogens is 5. The van der Waals surface area contributed by atoms with E-state index in [4.69, 9.17) is 0 Å². The fraction of sp³-hybridized carbons (Fsp3) is 0.647. The quantitative estimate of drug-likeness (QED) is 0.872. The molecule has 2 aromatic heterocycles. The van der Waals surface area contributed by atoms with Crippen molar-refractivity contribution in [1.29, 1.82) is 0 Å². The second kappa shape index (κ2) is 7.70. The van der Waals surface area contributed by atoms with Gasteiger partial charge in [0.05, 0.1) is 6.54 Å². The third-order valence-corrected chi connectivity index (χ3v) is 4.46. The maximum Gasteiger partial charge on any atom is 0.225 e. The lowest BCUT2D eigenvalue weighted by atomic mass is 10.1. The Labute approximate surface area is 143 Å². The predicted molar refractivity (Wildman–Crippen MR) is 93.9 cm³/mol. The molecule has 3 rings (SSSR count). The van der Waals surface area contributed by atoms with Crippen molar-refractivity contribution in [2.75, 3.05) is 18.0 Å². The number of aryl methyl sites for hydroxylation is 3. The zero-order valence-corrected chi connectivity index (χ0v) is 14.9. The average molecular weight is 329 g/mol. The molecule has 1 N–H and O–H groups in total. The van der Waals surface area contributed by atoms with Crippen LogP contribution in [0.3, 0.4) is 0 Å². The van der Waals surface area contributed by atoms with Crippen molar-refractivity contribution in [3.8, 4) is 0 Å². The van der Waals surface area contributed by atoms with Crippen LogP contribution in [0, 0.1) is 13.8 Å².